The van der Waals surface area contributed by atoms with Crippen LogP contribution in [-0.2, 0) is 0 Å². The highest BCUT2D eigenvalue weighted by molar-refractivity contribution is 5.20. The average molecular weight is 338 g/mol. The molecule has 0 aliphatic carbocycles. The summed E-state index contributed by atoms with van der Waals surface area (Å²) in [6.07, 6.45) is -5.27. The van der Waals surface area contributed by atoms with Crippen molar-refractivity contribution in [2.75, 3.05) is 32.7 Å². The van der Waals surface area contributed by atoms with Gasteiger partial charge in [0.2, 0.25) is 0 Å². The molecule has 0 amide bonds. The molecular weight excluding hydrogens is 319 g/mol. The fourth-order valence-corrected chi connectivity index (χ4v) is 2.61. The van der Waals surface area contributed by atoms with Crippen LogP contribution in [0.2, 0.25) is 0 Å². The van der Waals surface area contributed by atoms with Gasteiger partial charge in [-0.1, -0.05) is 6.07 Å². The molecule has 2 unspecified atom stereocenters. The van der Waals surface area contributed by atoms with Crippen molar-refractivity contribution in [2.24, 2.45) is 0 Å². The first-order valence-corrected chi connectivity index (χ1v) is 7.34. The molecule has 1 fully saturated rings. The SMILES string of the molecule is CC(N1CCN(CC(O)c2ccc(F)c(F)c2)CC1)C(F)(F)F. The number of β-amino-alcohol motifs (C(OH)–C–C–N with tert-alkyl or cyclic N) is 1. The van der Waals surface area contributed by atoms with Crippen molar-refractivity contribution < 1.29 is 27.1 Å². The summed E-state index contributed by atoms with van der Waals surface area (Å²) in [5.41, 5.74) is 0.245. The first-order valence-electron chi connectivity index (χ1n) is 7.34. The Morgan fingerprint density at radius 3 is 2.22 bits per heavy atom. The van der Waals surface area contributed by atoms with E-state index >= 15 is 0 Å². The number of hydrogen-bond acceptors (Lipinski definition) is 3. The number of nitrogens with zero attached hydrogens (tertiary/aromatic N) is 2. The molecule has 0 bridgehead atoms. The van der Waals surface area contributed by atoms with Crippen molar-refractivity contribution in [3.05, 3.63) is 35.4 Å². The average Bonchev–Trinajstić information content (AvgIpc) is 2.49. The zero-order valence-corrected chi connectivity index (χ0v) is 12.7. The van der Waals surface area contributed by atoms with Crippen LogP contribution in [0.4, 0.5) is 22.0 Å². The number of rotatable bonds is 4. The van der Waals surface area contributed by atoms with Crippen molar-refractivity contribution in [1.82, 2.24) is 9.80 Å². The fraction of sp³-hybridized carbons (Fsp3) is 0.600. The molecule has 0 saturated carbocycles. The molecule has 1 saturated heterocycles. The first kappa shape index (κ1) is 18.1. The number of aliphatic hydroxyl groups is 1. The molecule has 0 radical (unpaired) electrons. The lowest BCUT2D eigenvalue weighted by Crippen LogP contribution is -2.54. The lowest BCUT2D eigenvalue weighted by atomic mass is 10.1. The minimum Gasteiger partial charge on any atom is -0.387 e. The Bertz CT molecular complexity index is 529. The van der Waals surface area contributed by atoms with Crippen molar-refractivity contribution in [3.8, 4) is 0 Å². The van der Waals surface area contributed by atoms with E-state index in [-0.39, 0.29) is 25.2 Å². The second-order valence-electron chi connectivity index (χ2n) is 5.74. The highest BCUT2D eigenvalue weighted by Crippen LogP contribution is 2.25. The molecule has 23 heavy (non-hydrogen) atoms. The van der Waals surface area contributed by atoms with E-state index in [0.717, 1.165) is 19.1 Å². The molecule has 0 spiro atoms. The molecule has 1 aliphatic rings. The lowest BCUT2D eigenvalue weighted by molar-refractivity contribution is -0.182. The number of piperazine rings is 1. The number of alkyl halides is 3. The maximum absolute atomic E-state index is 13.2. The molecular formula is C15H19F5N2O. The van der Waals surface area contributed by atoms with Crippen LogP contribution in [0.25, 0.3) is 0 Å². The van der Waals surface area contributed by atoms with Crippen LogP contribution in [0.3, 0.4) is 0 Å². The zero-order valence-electron chi connectivity index (χ0n) is 12.7. The third-order valence-corrected chi connectivity index (χ3v) is 4.19. The van der Waals surface area contributed by atoms with Gasteiger partial charge in [-0.05, 0) is 24.6 Å². The van der Waals surface area contributed by atoms with Crippen LogP contribution in [-0.4, -0.2) is 59.8 Å². The van der Waals surface area contributed by atoms with Gasteiger partial charge < -0.3 is 5.11 Å². The maximum Gasteiger partial charge on any atom is 0.403 e. The molecule has 8 heteroatoms. The lowest BCUT2D eigenvalue weighted by Gasteiger charge is -2.39. The standard InChI is InChI=1S/C15H19F5N2O/c1-10(15(18,19)20)22-6-4-21(5-7-22)9-14(23)11-2-3-12(16)13(17)8-11/h2-3,8,10,14,23H,4-7,9H2,1H3. The summed E-state index contributed by atoms with van der Waals surface area (Å²) in [7, 11) is 0. The third-order valence-electron chi connectivity index (χ3n) is 4.19. The second kappa shape index (κ2) is 7.11. The van der Waals surface area contributed by atoms with Crippen LogP contribution in [0, 0.1) is 11.6 Å². The summed E-state index contributed by atoms with van der Waals surface area (Å²) < 4.78 is 64.0. The largest absolute Gasteiger partial charge is 0.403 e. The summed E-state index contributed by atoms with van der Waals surface area (Å²) in [6, 6.07) is 1.67. The van der Waals surface area contributed by atoms with E-state index < -0.39 is 30.0 Å². The van der Waals surface area contributed by atoms with Gasteiger partial charge in [-0.25, -0.2) is 8.78 Å². The van der Waals surface area contributed by atoms with Gasteiger partial charge in [0.15, 0.2) is 11.6 Å². The smallest absolute Gasteiger partial charge is 0.387 e. The van der Waals surface area contributed by atoms with Gasteiger partial charge in [-0.15, -0.1) is 0 Å². The van der Waals surface area contributed by atoms with Gasteiger partial charge in [-0.3, -0.25) is 9.80 Å². The van der Waals surface area contributed by atoms with Gasteiger partial charge in [0.05, 0.1) is 6.10 Å². The van der Waals surface area contributed by atoms with Crippen LogP contribution < -0.4 is 0 Å². The van der Waals surface area contributed by atoms with Gasteiger partial charge in [0.1, 0.15) is 6.04 Å². The summed E-state index contributed by atoms with van der Waals surface area (Å²) in [4.78, 5) is 3.16. The van der Waals surface area contributed by atoms with E-state index in [4.69, 9.17) is 0 Å². The van der Waals surface area contributed by atoms with E-state index in [0.29, 0.717) is 13.1 Å². The number of benzene rings is 1. The van der Waals surface area contributed by atoms with Crippen molar-refractivity contribution in [3.63, 3.8) is 0 Å². The minimum atomic E-state index is -4.26. The predicted molar refractivity (Wildman–Crippen MR) is 74.8 cm³/mol. The van der Waals surface area contributed by atoms with Crippen molar-refractivity contribution >= 4 is 0 Å². The molecule has 2 rings (SSSR count). The summed E-state index contributed by atoms with van der Waals surface area (Å²) in [6.45, 7) is 2.53. The van der Waals surface area contributed by atoms with Crippen molar-refractivity contribution in [1.29, 1.82) is 0 Å². The predicted octanol–water partition coefficient (Wildman–Crippen LogP) is 2.57. The number of aliphatic hydroxyl groups excluding tert-OH is 1. The second-order valence-corrected chi connectivity index (χ2v) is 5.74. The molecule has 1 aromatic carbocycles. The van der Waals surface area contributed by atoms with Crippen LogP contribution in [0.1, 0.15) is 18.6 Å². The Morgan fingerprint density at radius 2 is 1.70 bits per heavy atom. The molecule has 1 aliphatic heterocycles. The van der Waals surface area contributed by atoms with Crippen LogP contribution in [0.5, 0.6) is 0 Å². The van der Waals surface area contributed by atoms with E-state index in [1.807, 2.05) is 4.90 Å². The number of halogens is 5. The number of hydrogen-bond donors (Lipinski definition) is 1. The quantitative estimate of drug-likeness (QED) is 0.855. The molecule has 1 aromatic rings. The Labute approximate surface area is 131 Å². The van der Waals surface area contributed by atoms with Gasteiger partial charge in [0, 0.05) is 32.7 Å². The highest BCUT2D eigenvalue weighted by atomic mass is 19.4. The monoisotopic (exact) mass is 338 g/mol. The van der Waals surface area contributed by atoms with E-state index in [2.05, 4.69) is 0 Å². The van der Waals surface area contributed by atoms with Gasteiger partial charge in [-0.2, -0.15) is 13.2 Å². The normalized spacial score (nSPS) is 20.5. The Kier molecular flexibility index (Phi) is 5.59. The molecule has 1 heterocycles. The van der Waals surface area contributed by atoms with E-state index in [1.54, 1.807) is 0 Å². The van der Waals surface area contributed by atoms with Crippen LogP contribution >= 0.6 is 0 Å². The topological polar surface area (TPSA) is 26.7 Å². The van der Waals surface area contributed by atoms with Crippen molar-refractivity contribution in [2.45, 2.75) is 25.2 Å². The molecule has 130 valence electrons. The Hall–Kier alpha value is -1.25. The Morgan fingerprint density at radius 1 is 1.09 bits per heavy atom. The molecule has 1 N–H and O–H groups in total. The maximum atomic E-state index is 13.2. The fourth-order valence-electron chi connectivity index (χ4n) is 2.61. The first-order chi connectivity index (χ1) is 10.7. The van der Waals surface area contributed by atoms with Gasteiger partial charge >= 0.3 is 6.18 Å². The molecule has 2 atom stereocenters. The molecule has 3 nitrogen and oxygen atoms in total. The summed E-state index contributed by atoms with van der Waals surface area (Å²) in [5.74, 6) is -2.03. The van der Waals surface area contributed by atoms with E-state index in [1.165, 1.54) is 11.0 Å². The molecule has 0 aromatic heterocycles. The Balaban J connectivity index is 1.87. The van der Waals surface area contributed by atoms with Gasteiger partial charge in [0.25, 0.3) is 0 Å². The zero-order chi connectivity index (χ0) is 17.2. The minimum absolute atomic E-state index is 0.166. The third kappa shape index (κ3) is 4.62. The van der Waals surface area contributed by atoms with E-state index in [9.17, 15) is 27.1 Å². The highest BCUT2D eigenvalue weighted by Gasteiger charge is 2.40. The summed E-state index contributed by atoms with van der Waals surface area (Å²) in [5, 5.41) is 10.1. The summed E-state index contributed by atoms with van der Waals surface area (Å²) >= 11 is 0. The van der Waals surface area contributed by atoms with Crippen LogP contribution in [0.15, 0.2) is 18.2 Å².